The highest BCUT2D eigenvalue weighted by Crippen LogP contribution is 2.35. The van der Waals surface area contributed by atoms with Crippen LogP contribution in [0.15, 0.2) is 71.3 Å². The molecule has 122 valence electrons. The van der Waals surface area contributed by atoms with Crippen LogP contribution in [0.2, 0.25) is 0 Å². The molecule has 0 bridgehead atoms. The molecule has 0 N–H and O–H groups in total. The average molecular weight is 326 g/mol. The zero-order chi connectivity index (χ0) is 16.8. The number of benzene rings is 3. The molecule has 0 spiro atoms. The molecule has 0 saturated heterocycles. The number of fused-ring (bicyclic) bond motifs is 5. The van der Waals surface area contributed by atoms with Crippen molar-refractivity contribution in [3.05, 3.63) is 83.8 Å². The Labute approximate surface area is 146 Å². The Balaban J connectivity index is 1.63. The number of rotatable bonds is 2. The third-order valence-electron chi connectivity index (χ3n) is 5.48. The number of furan rings is 1. The number of ketones is 1. The number of carbonyl (C=O) groups excluding carboxylic acids is 1. The summed E-state index contributed by atoms with van der Waals surface area (Å²) in [5, 5.41) is 5.10. The first kappa shape index (κ1) is 14.5. The van der Waals surface area contributed by atoms with Gasteiger partial charge in [0.25, 0.3) is 0 Å². The van der Waals surface area contributed by atoms with E-state index >= 15 is 0 Å². The molecule has 1 aliphatic carbocycles. The molecule has 3 aromatic carbocycles. The van der Waals surface area contributed by atoms with Gasteiger partial charge in [0.2, 0.25) is 5.78 Å². The number of hydrogen-bond acceptors (Lipinski definition) is 2. The number of carbonyl (C=O) groups is 1. The Bertz CT molecular complexity index is 1090. The van der Waals surface area contributed by atoms with Crippen molar-refractivity contribution in [2.45, 2.75) is 19.3 Å². The maximum absolute atomic E-state index is 12.7. The molecular formula is C23H18O2. The molecular weight excluding hydrogens is 308 g/mol. The standard InChI is InChI=1S/C23H18O2/c24-23(22-6-3-13-25-22)17-8-7-16-10-11-19-18-5-2-1-4-15(18)9-12-20(19)21(16)14-17/h1-6,9-13,17H,7-8,14H2. The molecule has 25 heavy (non-hydrogen) atoms. The minimum atomic E-state index is 0.00993. The van der Waals surface area contributed by atoms with E-state index in [1.165, 1.54) is 32.7 Å². The van der Waals surface area contributed by atoms with Gasteiger partial charge in [-0.05, 0) is 64.1 Å². The fraction of sp³-hybridized carbons (Fsp3) is 0.174. The minimum absolute atomic E-state index is 0.00993. The van der Waals surface area contributed by atoms with Gasteiger partial charge in [-0.25, -0.2) is 0 Å². The second-order valence-electron chi connectivity index (χ2n) is 6.87. The lowest BCUT2D eigenvalue weighted by molar-refractivity contribution is 0.0880. The molecule has 1 atom stereocenters. The van der Waals surface area contributed by atoms with Gasteiger partial charge in [0.1, 0.15) is 0 Å². The molecule has 4 aromatic rings. The van der Waals surface area contributed by atoms with Gasteiger partial charge in [0.15, 0.2) is 5.76 Å². The monoisotopic (exact) mass is 326 g/mol. The van der Waals surface area contributed by atoms with Crippen LogP contribution >= 0.6 is 0 Å². The molecule has 1 aromatic heterocycles. The fourth-order valence-corrected chi connectivity index (χ4v) is 4.19. The smallest absolute Gasteiger partial charge is 0.201 e. The minimum Gasteiger partial charge on any atom is -0.461 e. The van der Waals surface area contributed by atoms with Crippen LogP contribution in [0.3, 0.4) is 0 Å². The van der Waals surface area contributed by atoms with Crippen LogP contribution in [0.5, 0.6) is 0 Å². The summed E-state index contributed by atoms with van der Waals surface area (Å²) in [6, 6.07) is 20.9. The molecule has 0 aliphatic heterocycles. The highest BCUT2D eigenvalue weighted by atomic mass is 16.3. The molecule has 0 saturated carbocycles. The predicted molar refractivity (Wildman–Crippen MR) is 100 cm³/mol. The summed E-state index contributed by atoms with van der Waals surface area (Å²) in [5.74, 6) is 0.628. The van der Waals surface area contributed by atoms with E-state index in [-0.39, 0.29) is 11.7 Å². The number of hydrogen-bond donors (Lipinski definition) is 0. The summed E-state index contributed by atoms with van der Waals surface area (Å²) in [7, 11) is 0. The van der Waals surface area contributed by atoms with Crippen molar-refractivity contribution in [1.29, 1.82) is 0 Å². The van der Waals surface area contributed by atoms with Crippen LogP contribution in [-0.4, -0.2) is 5.78 Å². The highest BCUT2D eigenvalue weighted by molar-refractivity contribution is 6.09. The lowest BCUT2D eigenvalue weighted by Crippen LogP contribution is -2.22. The summed E-state index contributed by atoms with van der Waals surface area (Å²) >= 11 is 0. The van der Waals surface area contributed by atoms with Crippen LogP contribution in [0.25, 0.3) is 21.5 Å². The summed E-state index contributed by atoms with van der Waals surface area (Å²) in [4.78, 5) is 12.7. The van der Waals surface area contributed by atoms with Crippen LogP contribution in [0, 0.1) is 5.92 Å². The van der Waals surface area contributed by atoms with Crippen molar-refractivity contribution in [2.75, 3.05) is 0 Å². The Morgan fingerprint density at radius 3 is 2.64 bits per heavy atom. The van der Waals surface area contributed by atoms with E-state index in [9.17, 15) is 4.79 Å². The molecule has 1 aliphatic rings. The Kier molecular flexibility index (Phi) is 3.24. The molecule has 1 unspecified atom stereocenters. The number of aryl methyl sites for hydroxylation is 1. The maximum Gasteiger partial charge on any atom is 0.201 e. The van der Waals surface area contributed by atoms with Crippen LogP contribution in [0.4, 0.5) is 0 Å². The van der Waals surface area contributed by atoms with Gasteiger partial charge < -0.3 is 4.42 Å². The first-order valence-corrected chi connectivity index (χ1v) is 8.81. The maximum atomic E-state index is 12.7. The molecule has 2 nitrogen and oxygen atoms in total. The van der Waals surface area contributed by atoms with Crippen molar-refractivity contribution in [3.8, 4) is 0 Å². The van der Waals surface area contributed by atoms with Gasteiger partial charge in [0.05, 0.1) is 6.26 Å². The normalized spacial score (nSPS) is 16.9. The quantitative estimate of drug-likeness (QED) is 0.356. The summed E-state index contributed by atoms with van der Waals surface area (Å²) in [6.45, 7) is 0. The average Bonchev–Trinajstić information content (AvgIpc) is 3.21. The van der Waals surface area contributed by atoms with Crippen LogP contribution < -0.4 is 0 Å². The largest absolute Gasteiger partial charge is 0.461 e. The highest BCUT2D eigenvalue weighted by Gasteiger charge is 2.28. The van der Waals surface area contributed by atoms with Gasteiger partial charge in [0, 0.05) is 5.92 Å². The van der Waals surface area contributed by atoms with Crippen molar-refractivity contribution >= 4 is 27.3 Å². The first-order valence-electron chi connectivity index (χ1n) is 8.81. The van der Waals surface area contributed by atoms with E-state index in [4.69, 9.17) is 4.42 Å². The summed E-state index contributed by atoms with van der Waals surface area (Å²) in [6.07, 6.45) is 4.22. The zero-order valence-electron chi connectivity index (χ0n) is 13.9. The SMILES string of the molecule is O=C(c1ccco1)C1CCc2ccc3c(ccc4ccccc43)c2C1. The Morgan fingerprint density at radius 1 is 0.880 bits per heavy atom. The van der Waals surface area contributed by atoms with Gasteiger partial charge >= 0.3 is 0 Å². The van der Waals surface area contributed by atoms with E-state index < -0.39 is 0 Å². The van der Waals surface area contributed by atoms with Crippen LogP contribution in [-0.2, 0) is 12.8 Å². The van der Waals surface area contributed by atoms with Crippen LogP contribution in [0.1, 0.15) is 28.1 Å². The molecule has 2 heteroatoms. The Hall–Kier alpha value is -2.87. The first-order chi connectivity index (χ1) is 12.3. The second-order valence-corrected chi connectivity index (χ2v) is 6.87. The van der Waals surface area contributed by atoms with Crippen molar-refractivity contribution in [3.63, 3.8) is 0 Å². The van der Waals surface area contributed by atoms with Gasteiger partial charge in [-0.1, -0.05) is 48.5 Å². The third-order valence-corrected chi connectivity index (χ3v) is 5.48. The molecule has 0 amide bonds. The zero-order valence-corrected chi connectivity index (χ0v) is 13.9. The lowest BCUT2D eigenvalue weighted by atomic mass is 9.79. The molecule has 1 heterocycles. The van der Waals surface area contributed by atoms with E-state index in [1.54, 1.807) is 18.4 Å². The molecule has 5 rings (SSSR count). The van der Waals surface area contributed by atoms with E-state index in [2.05, 4.69) is 48.5 Å². The van der Waals surface area contributed by atoms with Crippen molar-refractivity contribution in [1.82, 2.24) is 0 Å². The topological polar surface area (TPSA) is 30.2 Å². The van der Waals surface area contributed by atoms with Crippen molar-refractivity contribution in [2.24, 2.45) is 5.92 Å². The third kappa shape index (κ3) is 2.29. The molecule has 0 fully saturated rings. The van der Waals surface area contributed by atoms with Gasteiger partial charge in [-0.2, -0.15) is 0 Å². The lowest BCUT2D eigenvalue weighted by Gasteiger charge is -2.25. The fourth-order valence-electron chi connectivity index (χ4n) is 4.19. The second kappa shape index (κ2) is 5.59. The van der Waals surface area contributed by atoms with E-state index in [0.717, 1.165) is 19.3 Å². The summed E-state index contributed by atoms with van der Waals surface area (Å²) in [5.41, 5.74) is 2.71. The number of Topliss-reactive ketones (excluding diaryl/α,β-unsaturated/α-hetero) is 1. The molecule has 0 radical (unpaired) electrons. The van der Waals surface area contributed by atoms with E-state index in [0.29, 0.717) is 5.76 Å². The van der Waals surface area contributed by atoms with Gasteiger partial charge in [-0.3, -0.25) is 4.79 Å². The Morgan fingerprint density at radius 2 is 1.76 bits per heavy atom. The van der Waals surface area contributed by atoms with E-state index in [1.807, 2.05) is 0 Å². The van der Waals surface area contributed by atoms with Gasteiger partial charge in [-0.15, -0.1) is 0 Å². The summed E-state index contributed by atoms with van der Waals surface area (Å²) < 4.78 is 5.33. The van der Waals surface area contributed by atoms with Crippen molar-refractivity contribution < 1.29 is 9.21 Å². The predicted octanol–water partition coefficient (Wildman–Crippen LogP) is 5.57.